The second-order valence-electron chi connectivity index (χ2n) is 3.47. The molecular formula is C9H18N2O2. The fourth-order valence-electron chi connectivity index (χ4n) is 1.66. The summed E-state index contributed by atoms with van der Waals surface area (Å²) in [5.41, 5.74) is 0. The molecule has 1 saturated heterocycles. The molecule has 0 aromatic carbocycles. The van der Waals surface area contributed by atoms with Gasteiger partial charge in [-0.25, -0.2) is 0 Å². The molecule has 76 valence electrons. The van der Waals surface area contributed by atoms with Crippen molar-refractivity contribution in [2.75, 3.05) is 19.6 Å². The van der Waals surface area contributed by atoms with Gasteiger partial charge in [0, 0.05) is 25.7 Å². The first kappa shape index (κ1) is 10.5. The Kier molecular flexibility index (Phi) is 3.69. The lowest BCUT2D eigenvalue weighted by atomic mass is 10.1. The van der Waals surface area contributed by atoms with Crippen LogP contribution in [-0.2, 0) is 4.79 Å². The lowest BCUT2D eigenvalue weighted by Crippen LogP contribution is -2.55. The molecule has 4 heteroatoms. The van der Waals surface area contributed by atoms with Crippen LogP contribution in [0.1, 0.15) is 20.3 Å². The van der Waals surface area contributed by atoms with Gasteiger partial charge in [0.2, 0.25) is 0 Å². The summed E-state index contributed by atoms with van der Waals surface area (Å²) < 4.78 is 0. The summed E-state index contributed by atoms with van der Waals surface area (Å²) in [6, 6.07) is 0.246. The fraction of sp³-hybridized carbons (Fsp3) is 0.889. The van der Waals surface area contributed by atoms with E-state index in [9.17, 15) is 9.90 Å². The maximum absolute atomic E-state index is 11.5. The van der Waals surface area contributed by atoms with E-state index in [2.05, 4.69) is 12.2 Å². The zero-order valence-electron chi connectivity index (χ0n) is 8.29. The summed E-state index contributed by atoms with van der Waals surface area (Å²) in [7, 11) is 0. The summed E-state index contributed by atoms with van der Waals surface area (Å²) in [6.07, 6.45) is 0.0676. The highest BCUT2D eigenvalue weighted by Crippen LogP contribution is 2.08. The number of aliphatic hydroxyl groups excluding tert-OH is 1. The van der Waals surface area contributed by atoms with Gasteiger partial charge < -0.3 is 15.3 Å². The number of hydrogen-bond acceptors (Lipinski definition) is 3. The van der Waals surface area contributed by atoms with Gasteiger partial charge in [-0.05, 0) is 13.3 Å². The number of piperazine rings is 1. The van der Waals surface area contributed by atoms with Gasteiger partial charge in [0.15, 0.2) is 0 Å². The van der Waals surface area contributed by atoms with Crippen LogP contribution in [0.15, 0.2) is 0 Å². The van der Waals surface area contributed by atoms with Gasteiger partial charge in [0.1, 0.15) is 6.10 Å². The van der Waals surface area contributed by atoms with Gasteiger partial charge in [-0.2, -0.15) is 0 Å². The van der Waals surface area contributed by atoms with Crippen LogP contribution >= 0.6 is 0 Å². The molecule has 0 bridgehead atoms. The van der Waals surface area contributed by atoms with Crippen LogP contribution < -0.4 is 5.32 Å². The van der Waals surface area contributed by atoms with Crippen molar-refractivity contribution in [2.45, 2.75) is 32.4 Å². The molecule has 0 aliphatic carbocycles. The average Bonchev–Trinajstić information content (AvgIpc) is 2.16. The van der Waals surface area contributed by atoms with Crippen LogP contribution in [0.4, 0.5) is 0 Å². The van der Waals surface area contributed by atoms with Crippen molar-refractivity contribution in [1.82, 2.24) is 10.2 Å². The zero-order valence-corrected chi connectivity index (χ0v) is 8.29. The molecule has 0 aromatic heterocycles. The number of aliphatic hydroxyl groups is 1. The first-order valence-corrected chi connectivity index (χ1v) is 4.86. The molecule has 1 rings (SSSR count). The lowest BCUT2D eigenvalue weighted by Gasteiger charge is -2.36. The largest absolute Gasteiger partial charge is 0.384 e. The van der Waals surface area contributed by atoms with Crippen LogP contribution in [0, 0.1) is 0 Å². The molecule has 1 amide bonds. The SMILES string of the molecule is CC[C@@H]1CNCCN1C(=O)[C@@H](C)O. The molecule has 0 aromatic rings. The predicted molar refractivity (Wildman–Crippen MR) is 50.3 cm³/mol. The highest BCUT2D eigenvalue weighted by molar-refractivity contribution is 5.80. The van der Waals surface area contributed by atoms with Gasteiger partial charge in [-0.1, -0.05) is 6.92 Å². The van der Waals surface area contributed by atoms with Gasteiger partial charge in [-0.15, -0.1) is 0 Å². The maximum atomic E-state index is 11.5. The Morgan fingerprint density at radius 1 is 1.77 bits per heavy atom. The van der Waals surface area contributed by atoms with Crippen molar-refractivity contribution in [3.63, 3.8) is 0 Å². The van der Waals surface area contributed by atoms with E-state index in [1.165, 1.54) is 6.92 Å². The van der Waals surface area contributed by atoms with E-state index in [1.807, 2.05) is 0 Å². The van der Waals surface area contributed by atoms with Gasteiger partial charge in [0.05, 0.1) is 0 Å². The van der Waals surface area contributed by atoms with Crippen molar-refractivity contribution < 1.29 is 9.90 Å². The highest BCUT2D eigenvalue weighted by atomic mass is 16.3. The monoisotopic (exact) mass is 186 g/mol. The summed E-state index contributed by atoms with van der Waals surface area (Å²) in [5.74, 6) is -0.145. The predicted octanol–water partition coefficient (Wildman–Crippen LogP) is -0.422. The van der Waals surface area contributed by atoms with E-state index in [0.29, 0.717) is 6.54 Å². The number of carbonyl (C=O) groups is 1. The molecule has 0 saturated carbocycles. The summed E-state index contributed by atoms with van der Waals surface area (Å²) in [4.78, 5) is 13.3. The normalized spacial score (nSPS) is 25.8. The van der Waals surface area contributed by atoms with E-state index >= 15 is 0 Å². The molecule has 13 heavy (non-hydrogen) atoms. The minimum absolute atomic E-state index is 0.145. The second-order valence-corrected chi connectivity index (χ2v) is 3.47. The van der Waals surface area contributed by atoms with E-state index in [1.54, 1.807) is 4.90 Å². The lowest BCUT2D eigenvalue weighted by molar-refractivity contribution is -0.142. The molecule has 0 spiro atoms. The Bertz CT molecular complexity index is 182. The Morgan fingerprint density at radius 2 is 2.46 bits per heavy atom. The van der Waals surface area contributed by atoms with Crippen LogP contribution in [0.5, 0.6) is 0 Å². The minimum Gasteiger partial charge on any atom is -0.384 e. The number of amides is 1. The number of hydrogen-bond donors (Lipinski definition) is 2. The van der Waals surface area contributed by atoms with E-state index in [0.717, 1.165) is 19.5 Å². The average molecular weight is 186 g/mol. The van der Waals surface area contributed by atoms with Crippen LogP contribution in [0.25, 0.3) is 0 Å². The molecule has 2 N–H and O–H groups in total. The molecule has 0 radical (unpaired) electrons. The molecule has 2 atom stereocenters. The number of rotatable bonds is 2. The van der Waals surface area contributed by atoms with E-state index in [-0.39, 0.29) is 11.9 Å². The van der Waals surface area contributed by atoms with Crippen LogP contribution in [0.2, 0.25) is 0 Å². The Balaban J connectivity index is 2.58. The summed E-state index contributed by atoms with van der Waals surface area (Å²) in [6.45, 7) is 5.96. The second kappa shape index (κ2) is 4.58. The highest BCUT2D eigenvalue weighted by Gasteiger charge is 2.27. The number of carbonyl (C=O) groups excluding carboxylic acids is 1. The van der Waals surface area contributed by atoms with Crippen molar-refractivity contribution in [2.24, 2.45) is 0 Å². The van der Waals surface area contributed by atoms with Gasteiger partial charge in [-0.3, -0.25) is 4.79 Å². The Hall–Kier alpha value is -0.610. The third kappa shape index (κ3) is 2.42. The smallest absolute Gasteiger partial charge is 0.251 e. The Labute approximate surface area is 78.9 Å². The van der Waals surface area contributed by atoms with E-state index in [4.69, 9.17) is 0 Å². The molecule has 1 aliphatic heterocycles. The summed E-state index contributed by atoms with van der Waals surface area (Å²) >= 11 is 0. The summed E-state index contributed by atoms with van der Waals surface area (Å²) in [5, 5.41) is 12.4. The third-order valence-corrected chi connectivity index (χ3v) is 2.46. The molecular weight excluding hydrogens is 168 g/mol. The molecule has 0 unspecified atom stereocenters. The van der Waals surface area contributed by atoms with E-state index < -0.39 is 6.10 Å². The molecule has 1 aliphatic rings. The number of nitrogens with zero attached hydrogens (tertiary/aromatic N) is 1. The fourth-order valence-corrected chi connectivity index (χ4v) is 1.66. The van der Waals surface area contributed by atoms with Crippen LogP contribution in [-0.4, -0.2) is 47.7 Å². The molecule has 1 heterocycles. The van der Waals surface area contributed by atoms with Crippen molar-refractivity contribution in [1.29, 1.82) is 0 Å². The van der Waals surface area contributed by atoms with Crippen molar-refractivity contribution >= 4 is 5.91 Å². The van der Waals surface area contributed by atoms with Crippen molar-refractivity contribution in [3.8, 4) is 0 Å². The molecule has 1 fully saturated rings. The quantitative estimate of drug-likeness (QED) is 0.615. The minimum atomic E-state index is -0.868. The Morgan fingerprint density at radius 3 is 3.00 bits per heavy atom. The first-order valence-electron chi connectivity index (χ1n) is 4.86. The van der Waals surface area contributed by atoms with Gasteiger partial charge in [0.25, 0.3) is 5.91 Å². The number of nitrogens with one attached hydrogen (secondary N) is 1. The topological polar surface area (TPSA) is 52.6 Å². The van der Waals surface area contributed by atoms with Gasteiger partial charge >= 0.3 is 0 Å². The zero-order chi connectivity index (χ0) is 9.84. The first-order chi connectivity index (χ1) is 6.16. The van der Waals surface area contributed by atoms with Crippen molar-refractivity contribution in [3.05, 3.63) is 0 Å². The third-order valence-electron chi connectivity index (χ3n) is 2.46. The standard InChI is InChI=1S/C9H18N2O2/c1-3-8-6-10-4-5-11(8)9(13)7(2)12/h7-8,10,12H,3-6H2,1-2H3/t7-,8-/m1/s1. The molecule has 4 nitrogen and oxygen atoms in total. The van der Waals surface area contributed by atoms with Crippen LogP contribution in [0.3, 0.4) is 0 Å². The maximum Gasteiger partial charge on any atom is 0.251 e.